The number of methoxy groups -OCH3 is 1. The van der Waals surface area contributed by atoms with Crippen molar-refractivity contribution in [2.45, 2.75) is 43.3 Å². The number of carboxylic acids is 1. The second-order valence-electron chi connectivity index (χ2n) is 9.20. The van der Waals surface area contributed by atoms with Gasteiger partial charge in [-0.2, -0.15) is 0 Å². The predicted octanol–water partition coefficient (Wildman–Crippen LogP) is 3.00. The SMILES string of the molecule is COCC(NC(=O)OCC1c2ccccc2-c2ccccc21)C(=O)N1C2CCC1C(C(=O)O)C2. The molecule has 0 radical (unpaired) electrons. The van der Waals surface area contributed by atoms with Gasteiger partial charge in [0.1, 0.15) is 12.6 Å². The first-order valence-electron chi connectivity index (χ1n) is 11.6. The lowest BCUT2D eigenvalue weighted by molar-refractivity contribution is -0.143. The second kappa shape index (κ2) is 9.10. The molecule has 8 nitrogen and oxygen atoms in total. The number of hydrogen-bond donors (Lipinski definition) is 2. The second-order valence-corrected chi connectivity index (χ2v) is 9.20. The summed E-state index contributed by atoms with van der Waals surface area (Å²) in [4.78, 5) is 39.2. The van der Waals surface area contributed by atoms with Crippen molar-refractivity contribution < 1.29 is 29.0 Å². The average molecular weight is 465 g/mol. The Hall–Kier alpha value is -3.39. The standard InChI is InChI=1S/C26H28N2O6/c1-33-14-22(24(29)28-15-10-11-23(28)20(12-15)25(30)31)27-26(32)34-13-21-18-8-4-2-6-16(18)17-7-3-5-9-19(17)21/h2-9,15,20-23H,10-14H2,1H3,(H,27,32)(H,30,31). The summed E-state index contributed by atoms with van der Waals surface area (Å²) in [5.74, 6) is -1.83. The van der Waals surface area contributed by atoms with Crippen LogP contribution in [0.1, 0.15) is 36.3 Å². The highest BCUT2D eigenvalue weighted by atomic mass is 16.5. The van der Waals surface area contributed by atoms with Crippen LogP contribution in [0.25, 0.3) is 11.1 Å². The molecule has 0 aromatic heterocycles. The fraction of sp³-hybridized carbons (Fsp3) is 0.423. The molecule has 2 amide bonds. The molecule has 2 bridgehead atoms. The number of carboxylic acid groups (broad SMARTS) is 1. The molecular weight excluding hydrogens is 436 g/mol. The molecule has 2 aromatic carbocycles. The number of nitrogens with zero attached hydrogens (tertiary/aromatic N) is 1. The molecule has 4 unspecified atom stereocenters. The normalized spacial score (nSPS) is 23.3. The first-order valence-corrected chi connectivity index (χ1v) is 11.6. The molecule has 3 aliphatic rings. The zero-order chi connectivity index (χ0) is 23.8. The van der Waals surface area contributed by atoms with Gasteiger partial charge < -0.3 is 24.8 Å². The Balaban J connectivity index is 1.26. The van der Waals surface area contributed by atoms with Crippen molar-refractivity contribution in [1.82, 2.24) is 10.2 Å². The van der Waals surface area contributed by atoms with Gasteiger partial charge in [0.05, 0.1) is 12.5 Å². The van der Waals surface area contributed by atoms with E-state index in [-0.39, 0.29) is 37.1 Å². The highest BCUT2D eigenvalue weighted by Crippen LogP contribution is 2.45. The minimum atomic E-state index is -0.934. The van der Waals surface area contributed by atoms with E-state index in [1.165, 1.54) is 7.11 Å². The van der Waals surface area contributed by atoms with E-state index in [9.17, 15) is 19.5 Å². The maximum absolute atomic E-state index is 13.3. The van der Waals surface area contributed by atoms with Crippen LogP contribution in [0.5, 0.6) is 0 Å². The number of aliphatic carboxylic acids is 1. The molecule has 4 atom stereocenters. The third-order valence-corrected chi connectivity index (χ3v) is 7.38. The molecular formula is C26H28N2O6. The number of nitrogens with one attached hydrogen (secondary N) is 1. The monoisotopic (exact) mass is 464 g/mol. The van der Waals surface area contributed by atoms with Crippen LogP contribution in [0.4, 0.5) is 4.79 Å². The summed E-state index contributed by atoms with van der Waals surface area (Å²) in [6, 6.07) is 14.8. The van der Waals surface area contributed by atoms with Crippen molar-refractivity contribution in [1.29, 1.82) is 0 Å². The van der Waals surface area contributed by atoms with E-state index in [2.05, 4.69) is 17.4 Å². The molecule has 2 aromatic rings. The van der Waals surface area contributed by atoms with Gasteiger partial charge in [-0.1, -0.05) is 48.5 Å². The molecule has 2 N–H and O–H groups in total. The molecule has 2 saturated heterocycles. The molecule has 0 saturated carbocycles. The lowest BCUT2D eigenvalue weighted by Gasteiger charge is -2.28. The number of benzene rings is 2. The summed E-state index contributed by atoms with van der Waals surface area (Å²) in [6.45, 7) is 0.126. The van der Waals surface area contributed by atoms with Crippen LogP contribution in [0.3, 0.4) is 0 Å². The zero-order valence-corrected chi connectivity index (χ0v) is 19.0. The Morgan fingerprint density at radius 3 is 2.29 bits per heavy atom. The molecule has 34 heavy (non-hydrogen) atoms. The van der Waals surface area contributed by atoms with E-state index in [0.717, 1.165) is 28.7 Å². The van der Waals surface area contributed by atoms with Gasteiger partial charge >= 0.3 is 12.1 Å². The van der Waals surface area contributed by atoms with Crippen molar-refractivity contribution in [3.8, 4) is 11.1 Å². The quantitative estimate of drug-likeness (QED) is 0.653. The molecule has 2 fully saturated rings. The fourth-order valence-corrected chi connectivity index (χ4v) is 5.90. The number of fused-ring (bicyclic) bond motifs is 5. The molecule has 2 aliphatic heterocycles. The van der Waals surface area contributed by atoms with E-state index < -0.39 is 24.0 Å². The van der Waals surface area contributed by atoms with Gasteiger partial charge in [-0.05, 0) is 41.5 Å². The number of amides is 2. The van der Waals surface area contributed by atoms with E-state index in [1.54, 1.807) is 4.90 Å². The molecule has 5 rings (SSSR count). The first kappa shape index (κ1) is 22.4. The van der Waals surface area contributed by atoms with Crippen LogP contribution in [0.2, 0.25) is 0 Å². The number of hydrogen-bond acceptors (Lipinski definition) is 5. The third-order valence-electron chi connectivity index (χ3n) is 7.38. The minimum absolute atomic E-state index is 0.0172. The highest BCUT2D eigenvalue weighted by molar-refractivity contribution is 5.88. The Bertz CT molecular complexity index is 1070. The lowest BCUT2D eigenvalue weighted by atomic mass is 9.89. The van der Waals surface area contributed by atoms with Crippen LogP contribution in [-0.4, -0.2) is 66.4 Å². The van der Waals surface area contributed by atoms with E-state index in [1.807, 2.05) is 36.4 Å². The number of carbonyl (C=O) groups is 3. The molecule has 2 heterocycles. The predicted molar refractivity (Wildman–Crippen MR) is 123 cm³/mol. The topological polar surface area (TPSA) is 105 Å². The van der Waals surface area contributed by atoms with Gasteiger partial charge in [-0.3, -0.25) is 9.59 Å². The van der Waals surface area contributed by atoms with Crippen molar-refractivity contribution >= 4 is 18.0 Å². The van der Waals surface area contributed by atoms with E-state index in [0.29, 0.717) is 12.8 Å². The van der Waals surface area contributed by atoms with E-state index >= 15 is 0 Å². The van der Waals surface area contributed by atoms with Gasteiger partial charge in [0, 0.05) is 25.1 Å². The highest BCUT2D eigenvalue weighted by Gasteiger charge is 2.52. The molecule has 8 heteroatoms. The summed E-state index contributed by atoms with van der Waals surface area (Å²) >= 11 is 0. The van der Waals surface area contributed by atoms with Crippen molar-refractivity contribution in [2.24, 2.45) is 5.92 Å². The third kappa shape index (κ3) is 3.81. The molecule has 1 aliphatic carbocycles. The van der Waals surface area contributed by atoms with Crippen LogP contribution in [-0.2, 0) is 19.1 Å². The molecule has 178 valence electrons. The smallest absolute Gasteiger partial charge is 0.407 e. The largest absolute Gasteiger partial charge is 0.481 e. The average Bonchev–Trinajstić information content (AvgIpc) is 3.52. The first-order chi connectivity index (χ1) is 16.5. The summed E-state index contributed by atoms with van der Waals surface area (Å²) in [6.07, 6.45) is 1.21. The maximum Gasteiger partial charge on any atom is 0.407 e. The fourth-order valence-electron chi connectivity index (χ4n) is 5.90. The van der Waals surface area contributed by atoms with Crippen molar-refractivity contribution in [3.05, 3.63) is 59.7 Å². The minimum Gasteiger partial charge on any atom is -0.481 e. The number of alkyl carbamates (subject to hydrolysis) is 1. The van der Waals surface area contributed by atoms with Crippen LogP contribution in [0.15, 0.2) is 48.5 Å². The van der Waals surface area contributed by atoms with Crippen molar-refractivity contribution in [3.63, 3.8) is 0 Å². The molecule has 0 spiro atoms. The van der Waals surface area contributed by atoms with Gasteiger partial charge in [-0.15, -0.1) is 0 Å². The van der Waals surface area contributed by atoms with Crippen LogP contribution >= 0.6 is 0 Å². The summed E-state index contributed by atoms with van der Waals surface area (Å²) in [5, 5.41) is 12.1. The summed E-state index contributed by atoms with van der Waals surface area (Å²) in [7, 11) is 1.46. The van der Waals surface area contributed by atoms with E-state index in [4.69, 9.17) is 9.47 Å². The van der Waals surface area contributed by atoms with Gasteiger partial charge in [0.25, 0.3) is 0 Å². The Morgan fingerprint density at radius 1 is 1.06 bits per heavy atom. The Kier molecular flexibility index (Phi) is 6.00. The summed E-state index contributed by atoms with van der Waals surface area (Å²) < 4.78 is 10.8. The Labute approximate surface area is 197 Å². The van der Waals surface area contributed by atoms with Gasteiger partial charge in [-0.25, -0.2) is 4.79 Å². The van der Waals surface area contributed by atoms with Crippen LogP contribution < -0.4 is 5.32 Å². The number of ether oxygens (including phenoxy) is 2. The zero-order valence-electron chi connectivity index (χ0n) is 19.0. The number of carbonyl (C=O) groups excluding carboxylic acids is 2. The van der Waals surface area contributed by atoms with Gasteiger partial charge in [0.2, 0.25) is 5.91 Å². The maximum atomic E-state index is 13.3. The number of rotatable bonds is 7. The Morgan fingerprint density at radius 2 is 1.71 bits per heavy atom. The lowest BCUT2D eigenvalue weighted by Crippen LogP contribution is -2.53. The van der Waals surface area contributed by atoms with Crippen LogP contribution in [0, 0.1) is 5.92 Å². The summed E-state index contributed by atoms with van der Waals surface area (Å²) in [5.41, 5.74) is 4.48. The van der Waals surface area contributed by atoms with Crippen molar-refractivity contribution in [2.75, 3.05) is 20.3 Å². The van der Waals surface area contributed by atoms with Gasteiger partial charge in [0.15, 0.2) is 0 Å².